The summed E-state index contributed by atoms with van der Waals surface area (Å²) in [6.45, 7) is 8.15. The highest BCUT2D eigenvalue weighted by atomic mass is 16.5. The van der Waals surface area contributed by atoms with E-state index in [0.717, 1.165) is 32.7 Å². The molecule has 3 nitrogen and oxygen atoms in total. The highest BCUT2D eigenvalue weighted by Gasteiger charge is 2.15. The third-order valence-electron chi connectivity index (χ3n) is 2.19. The Morgan fingerprint density at radius 2 is 2.50 bits per heavy atom. The van der Waals surface area contributed by atoms with Crippen molar-refractivity contribution in [3.8, 4) is 0 Å². The fourth-order valence-corrected chi connectivity index (χ4v) is 1.63. The van der Waals surface area contributed by atoms with E-state index in [1.807, 2.05) is 0 Å². The summed E-state index contributed by atoms with van der Waals surface area (Å²) in [4.78, 5) is 0. The number of hydrogen-bond donors (Lipinski definition) is 2. The number of rotatable bonds is 4. The average molecular weight is 172 g/mol. The van der Waals surface area contributed by atoms with Crippen molar-refractivity contribution < 1.29 is 4.74 Å². The topological polar surface area (TPSA) is 33.3 Å². The van der Waals surface area contributed by atoms with E-state index < -0.39 is 0 Å². The van der Waals surface area contributed by atoms with Gasteiger partial charge in [-0.3, -0.25) is 0 Å². The molecule has 72 valence electrons. The van der Waals surface area contributed by atoms with Gasteiger partial charge in [-0.15, -0.1) is 0 Å². The third-order valence-corrected chi connectivity index (χ3v) is 2.19. The maximum absolute atomic E-state index is 5.37. The fraction of sp³-hybridized carbons (Fsp3) is 1.00. The molecule has 1 heterocycles. The van der Waals surface area contributed by atoms with E-state index in [9.17, 15) is 0 Å². The first-order valence-corrected chi connectivity index (χ1v) is 4.87. The molecular formula is C9H20N2O. The lowest BCUT2D eigenvalue weighted by molar-refractivity contribution is 0.0713. The summed E-state index contributed by atoms with van der Waals surface area (Å²) < 4.78 is 5.37. The number of morpholine rings is 1. The molecule has 1 aliphatic heterocycles. The normalized spacial score (nSPS) is 27.0. The molecule has 3 heteroatoms. The fourth-order valence-electron chi connectivity index (χ4n) is 1.63. The molecule has 1 aliphatic rings. The van der Waals surface area contributed by atoms with Crippen molar-refractivity contribution in [1.29, 1.82) is 0 Å². The lowest BCUT2D eigenvalue weighted by atomic mass is 10.1. The Kier molecular flexibility index (Phi) is 4.58. The van der Waals surface area contributed by atoms with E-state index in [1.165, 1.54) is 0 Å². The number of ether oxygens (including phenoxy) is 1. The van der Waals surface area contributed by atoms with Crippen LogP contribution in [0.1, 0.15) is 20.3 Å². The van der Waals surface area contributed by atoms with Crippen molar-refractivity contribution in [2.45, 2.75) is 32.4 Å². The molecule has 0 aromatic carbocycles. The molecule has 0 aliphatic carbocycles. The predicted molar refractivity (Wildman–Crippen MR) is 50.4 cm³/mol. The van der Waals surface area contributed by atoms with Gasteiger partial charge in [-0.05, 0) is 19.9 Å². The molecule has 1 rings (SSSR count). The van der Waals surface area contributed by atoms with Gasteiger partial charge in [-0.25, -0.2) is 0 Å². The zero-order valence-corrected chi connectivity index (χ0v) is 8.10. The minimum absolute atomic E-state index is 0.549. The van der Waals surface area contributed by atoms with Crippen LogP contribution in [-0.4, -0.2) is 38.4 Å². The molecule has 0 bridgehead atoms. The lowest BCUT2D eigenvalue weighted by Gasteiger charge is -2.26. The van der Waals surface area contributed by atoms with E-state index >= 15 is 0 Å². The molecule has 2 unspecified atom stereocenters. The molecule has 0 amide bonds. The largest absolute Gasteiger partial charge is 0.379 e. The molecule has 12 heavy (non-hydrogen) atoms. The summed E-state index contributed by atoms with van der Waals surface area (Å²) in [5.74, 6) is 0. The average Bonchev–Trinajstić information content (AvgIpc) is 2.06. The standard InChI is InChI=1S/C9H20N2O/c1-3-10-8(2)6-9-7-12-5-4-11-9/h8-11H,3-7H2,1-2H3. The van der Waals surface area contributed by atoms with Crippen LogP contribution in [-0.2, 0) is 4.74 Å². The SMILES string of the molecule is CCNC(C)CC1COCCN1. The molecule has 0 saturated carbocycles. The van der Waals surface area contributed by atoms with Crippen LogP contribution in [0.4, 0.5) is 0 Å². The van der Waals surface area contributed by atoms with Crippen molar-refractivity contribution in [3.63, 3.8) is 0 Å². The van der Waals surface area contributed by atoms with Gasteiger partial charge in [0.2, 0.25) is 0 Å². The van der Waals surface area contributed by atoms with Crippen LogP contribution in [0.3, 0.4) is 0 Å². The number of hydrogen-bond acceptors (Lipinski definition) is 3. The van der Waals surface area contributed by atoms with Crippen LogP contribution >= 0.6 is 0 Å². The Morgan fingerprint density at radius 1 is 1.67 bits per heavy atom. The zero-order valence-electron chi connectivity index (χ0n) is 8.10. The quantitative estimate of drug-likeness (QED) is 0.642. The Bertz CT molecular complexity index is 113. The summed E-state index contributed by atoms with van der Waals surface area (Å²) in [7, 11) is 0. The Hall–Kier alpha value is -0.120. The van der Waals surface area contributed by atoms with Crippen molar-refractivity contribution >= 4 is 0 Å². The maximum Gasteiger partial charge on any atom is 0.0620 e. The molecule has 0 spiro atoms. The lowest BCUT2D eigenvalue weighted by Crippen LogP contribution is -2.44. The Morgan fingerprint density at radius 3 is 3.08 bits per heavy atom. The van der Waals surface area contributed by atoms with Crippen LogP contribution in [0.5, 0.6) is 0 Å². The van der Waals surface area contributed by atoms with Crippen LogP contribution in [0.15, 0.2) is 0 Å². The Balaban J connectivity index is 2.11. The summed E-state index contributed by atoms with van der Waals surface area (Å²) in [6.07, 6.45) is 1.16. The van der Waals surface area contributed by atoms with E-state index in [2.05, 4.69) is 24.5 Å². The summed E-state index contributed by atoms with van der Waals surface area (Å²) in [6, 6.07) is 1.14. The van der Waals surface area contributed by atoms with E-state index in [-0.39, 0.29) is 0 Å². The second-order valence-corrected chi connectivity index (χ2v) is 3.42. The molecule has 1 saturated heterocycles. The molecule has 0 aromatic rings. The molecule has 2 N–H and O–H groups in total. The summed E-state index contributed by atoms with van der Waals surface area (Å²) >= 11 is 0. The predicted octanol–water partition coefficient (Wildman–Crippen LogP) is 0.363. The van der Waals surface area contributed by atoms with Gasteiger partial charge in [0.1, 0.15) is 0 Å². The maximum atomic E-state index is 5.37. The van der Waals surface area contributed by atoms with Gasteiger partial charge in [0.25, 0.3) is 0 Å². The van der Waals surface area contributed by atoms with Gasteiger partial charge < -0.3 is 15.4 Å². The number of nitrogens with one attached hydrogen (secondary N) is 2. The van der Waals surface area contributed by atoms with Gasteiger partial charge in [0, 0.05) is 18.6 Å². The highest BCUT2D eigenvalue weighted by molar-refractivity contribution is 4.75. The van der Waals surface area contributed by atoms with Gasteiger partial charge >= 0.3 is 0 Å². The van der Waals surface area contributed by atoms with Crippen LogP contribution in [0.2, 0.25) is 0 Å². The molecular weight excluding hydrogens is 152 g/mol. The molecule has 2 atom stereocenters. The molecule has 0 radical (unpaired) electrons. The molecule has 1 fully saturated rings. The first-order chi connectivity index (χ1) is 5.83. The zero-order chi connectivity index (χ0) is 8.81. The Labute approximate surface area is 74.9 Å². The summed E-state index contributed by atoms with van der Waals surface area (Å²) in [5, 5.41) is 6.84. The van der Waals surface area contributed by atoms with Crippen molar-refractivity contribution in [3.05, 3.63) is 0 Å². The molecule has 0 aromatic heterocycles. The van der Waals surface area contributed by atoms with Crippen molar-refractivity contribution in [2.75, 3.05) is 26.3 Å². The minimum Gasteiger partial charge on any atom is -0.379 e. The van der Waals surface area contributed by atoms with E-state index in [4.69, 9.17) is 4.74 Å². The van der Waals surface area contributed by atoms with Crippen LogP contribution in [0, 0.1) is 0 Å². The minimum atomic E-state index is 0.549. The van der Waals surface area contributed by atoms with Gasteiger partial charge in [-0.1, -0.05) is 6.92 Å². The summed E-state index contributed by atoms with van der Waals surface area (Å²) in [5.41, 5.74) is 0. The smallest absolute Gasteiger partial charge is 0.0620 e. The third kappa shape index (κ3) is 3.52. The van der Waals surface area contributed by atoms with E-state index in [1.54, 1.807) is 0 Å². The van der Waals surface area contributed by atoms with Crippen LogP contribution < -0.4 is 10.6 Å². The van der Waals surface area contributed by atoms with Gasteiger partial charge in [0.15, 0.2) is 0 Å². The second kappa shape index (κ2) is 5.51. The van der Waals surface area contributed by atoms with Gasteiger partial charge in [0.05, 0.1) is 13.2 Å². The van der Waals surface area contributed by atoms with Gasteiger partial charge in [-0.2, -0.15) is 0 Å². The van der Waals surface area contributed by atoms with E-state index in [0.29, 0.717) is 12.1 Å². The van der Waals surface area contributed by atoms with Crippen LogP contribution in [0.25, 0.3) is 0 Å². The first-order valence-electron chi connectivity index (χ1n) is 4.87. The highest BCUT2D eigenvalue weighted by Crippen LogP contribution is 2.01. The van der Waals surface area contributed by atoms with Crippen molar-refractivity contribution in [1.82, 2.24) is 10.6 Å². The first kappa shape index (κ1) is 9.96. The van der Waals surface area contributed by atoms with Crippen molar-refractivity contribution in [2.24, 2.45) is 0 Å². The monoisotopic (exact) mass is 172 g/mol. The second-order valence-electron chi connectivity index (χ2n) is 3.42.